The number of fused-ring (bicyclic) bond motifs is 2. The topological polar surface area (TPSA) is 71.5 Å². The Balaban J connectivity index is 1.79. The maximum absolute atomic E-state index is 12.8. The van der Waals surface area contributed by atoms with E-state index in [0.717, 1.165) is 10.5 Å². The molecule has 2 amide bonds. The van der Waals surface area contributed by atoms with Gasteiger partial charge in [-0.1, -0.05) is 17.7 Å². The molecule has 0 N–H and O–H groups in total. The van der Waals surface area contributed by atoms with Gasteiger partial charge < -0.3 is 0 Å². The lowest BCUT2D eigenvalue weighted by atomic mass is 9.58. The number of ketones is 2. The fourth-order valence-corrected chi connectivity index (χ4v) is 4.33. The molecule has 0 aromatic heterocycles. The van der Waals surface area contributed by atoms with Crippen LogP contribution in [0.2, 0.25) is 5.02 Å². The molecule has 1 heterocycles. The second-order valence-electron chi connectivity index (χ2n) is 6.55. The average molecular weight is 332 g/mol. The quantitative estimate of drug-likeness (QED) is 0.737. The number of carbonyl (C=O) groups is 4. The fraction of sp³-hybridized carbons (Fsp3) is 0.412. The van der Waals surface area contributed by atoms with E-state index < -0.39 is 23.7 Å². The lowest BCUT2D eigenvalue weighted by Gasteiger charge is -2.40. The molecule has 4 fully saturated rings. The van der Waals surface area contributed by atoms with Crippen LogP contribution < -0.4 is 4.90 Å². The largest absolute Gasteiger partial charge is 0.299 e. The van der Waals surface area contributed by atoms with Crippen molar-refractivity contribution in [2.75, 3.05) is 4.90 Å². The van der Waals surface area contributed by atoms with Crippen LogP contribution >= 0.6 is 11.6 Å². The van der Waals surface area contributed by atoms with E-state index in [1.54, 1.807) is 18.2 Å². The van der Waals surface area contributed by atoms with Crippen molar-refractivity contribution in [1.82, 2.24) is 0 Å². The van der Waals surface area contributed by atoms with Crippen LogP contribution in [0.15, 0.2) is 18.2 Å². The number of aryl methyl sites for hydroxylation is 1. The summed E-state index contributed by atoms with van der Waals surface area (Å²) < 4.78 is 0. The van der Waals surface area contributed by atoms with Gasteiger partial charge in [0, 0.05) is 29.7 Å². The zero-order chi connectivity index (χ0) is 16.5. The standard InChI is InChI=1S/C17H14ClNO4/c1-7-2-3-8(4-11(7)18)19-16(22)14-9-5-12(20)10(6-13(9)21)15(14)17(19)23/h2-4,9-10,14-15H,5-6H2,1H3/t9-,10-,14-,15+/m0/s1. The smallest absolute Gasteiger partial charge is 0.238 e. The van der Waals surface area contributed by atoms with Crippen LogP contribution in [0.25, 0.3) is 0 Å². The van der Waals surface area contributed by atoms with Gasteiger partial charge in [-0.15, -0.1) is 0 Å². The molecule has 5 nitrogen and oxygen atoms in total. The summed E-state index contributed by atoms with van der Waals surface area (Å²) in [6.45, 7) is 1.83. The molecule has 6 heteroatoms. The van der Waals surface area contributed by atoms with Gasteiger partial charge in [0.25, 0.3) is 0 Å². The summed E-state index contributed by atoms with van der Waals surface area (Å²) in [6.07, 6.45) is 0.179. The van der Waals surface area contributed by atoms with E-state index >= 15 is 0 Å². The number of Topliss-reactive ketones (excluding diaryl/α,β-unsaturated/α-hetero) is 2. The summed E-state index contributed by atoms with van der Waals surface area (Å²) in [7, 11) is 0. The molecule has 5 rings (SSSR count). The molecular formula is C17H14ClNO4. The van der Waals surface area contributed by atoms with Crippen LogP contribution in [-0.2, 0) is 19.2 Å². The average Bonchev–Trinajstić information content (AvgIpc) is 2.77. The van der Waals surface area contributed by atoms with E-state index in [2.05, 4.69) is 0 Å². The Labute approximate surface area is 137 Å². The Bertz CT molecular complexity index is 747. The maximum Gasteiger partial charge on any atom is 0.238 e. The minimum absolute atomic E-state index is 0.0687. The molecule has 118 valence electrons. The van der Waals surface area contributed by atoms with Gasteiger partial charge >= 0.3 is 0 Å². The third-order valence-corrected chi connectivity index (χ3v) is 5.76. The molecule has 4 atom stereocenters. The number of imide groups is 1. The Morgan fingerprint density at radius 2 is 1.48 bits per heavy atom. The molecule has 0 radical (unpaired) electrons. The molecule has 3 saturated carbocycles. The first-order valence-corrected chi connectivity index (χ1v) is 7.97. The molecule has 4 aliphatic rings. The highest BCUT2D eigenvalue weighted by atomic mass is 35.5. The van der Waals surface area contributed by atoms with E-state index in [1.807, 2.05) is 6.92 Å². The molecule has 1 aromatic carbocycles. The van der Waals surface area contributed by atoms with E-state index in [1.165, 1.54) is 0 Å². The van der Waals surface area contributed by atoms with Gasteiger partial charge in [0.05, 0.1) is 17.5 Å². The SMILES string of the molecule is Cc1ccc(N2C(=O)[C@@H]3[C@H](C2=O)[C@H]2CC(=O)[C@@H]3CC2=O)cc1Cl. The predicted molar refractivity (Wildman–Crippen MR) is 81.9 cm³/mol. The number of anilines is 1. The second kappa shape index (κ2) is 4.74. The van der Waals surface area contributed by atoms with Gasteiger partial charge in [-0.25, -0.2) is 4.90 Å². The van der Waals surface area contributed by atoms with Crippen molar-refractivity contribution in [2.45, 2.75) is 19.8 Å². The highest BCUT2D eigenvalue weighted by Crippen LogP contribution is 2.50. The van der Waals surface area contributed by atoms with Crippen molar-refractivity contribution in [3.8, 4) is 0 Å². The number of halogens is 1. The predicted octanol–water partition coefficient (Wildman–Crippen LogP) is 1.93. The molecular weight excluding hydrogens is 318 g/mol. The number of amides is 2. The molecule has 0 unspecified atom stereocenters. The summed E-state index contributed by atoms with van der Waals surface area (Å²) in [5, 5.41) is 0.466. The van der Waals surface area contributed by atoms with Crippen molar-refractivity contribution in [2.24, 2.45) is 23.7 Å². The normalized spacial score (nSPS) is 32.7. The fourth-order valence-electron chi connectivity index (χ4n) is 4.15. The van der Waals surface area contributed by atoms with Crippen molar-refractivity contribution >= 4 is 40.7 Å². The highest BCUT2D eigenvalue weighted by Gasteiger charge is 2.63. The van der Waals surface area contributed by atoms with E-state index in [4.69, 9.17) is 11.6 Å². The number of rotatable bonds is 1. The van der Waals surface area contributed by atoms with Crippen molar-refractivity contribution in [3.05, 3.63) is 28.8 Å². The third-order valence-electron chi connectivity index (χ3n) is 5.35. The number of carbonyl (C=O) groups excluding carboxylic acids is 4. The molecule has 1 aromatic rings. The van der Waals surface area contributed by atoms with Crippen LogP contribution in [0.5, 0.6) is 0 Å². The van der Waals surface area contributed by atoms with Gasteiger partial charge in [0.2, 0.25) is 11.8 Å². The Morgan fingerprint density at radius 1 is 0.957 bits per heavy atom. The first-order chi connectivity index (χ1) is 10.9. The Hall–Kier alpha value is -2.01. The van der Waals surface area contributed by atoms with E-state index in [-0.39, 0.29) is 36.2 Å². The number of hydrogen-bond acceptors (Lipinski definition) is 4. The summed E-state index contributed by atoms with van der Waals surface area (Å²) in [5.74, 6) is -3.55. The minimum Gasteiger partial charge on any atom is -0.299 e. The number of hydrogen-bond donors (Lipinski definition) is 0. The minimum atomic E-state index is -0.688. The van der Waals surface area contributed by atoms with Crippen LogP contribution in [0, 0.1) is 30.6 Å². The summed E-state index contributed by atoms with van der Waals surface area (Å²) in [5.41, 5.74) is 1.25. The third kappa shape index (κ3) is 1.86. The zero-order valence-corrected chi connectivity index (χ0v) is 13.2. The summed E-state index contributed by atoms with van der Waals surface area (Å²) in [6, 6.07) is 4.99. The van der Waals surface area contributed by atoms with Crippen molar-refractivity contribution in [1.29, 1.82) is 0 Å². The number of nitrogens with zero attached hydrogens (tertiary/aromatic N) is 1. The lowest BCUT2D eigenvalue weighted by molar-refractivity contribution is -0.153. The molecule has 23 heavy (non-hydrogen) atoms. The van der Waals surface area contributed by atoms with E-state index in [9.17, 15) is 19.2 Å². The van der Waals surface area contributed by atoms with Crippen LogP contribution in [0.1, 0.15) is 18.4 Å². The van der Waals surface area contributed by atoms with Gasteiger partial charge in [0.1, 0.15) is 11.6 Å². The van der Waals surface area contributed by atoms with Gasteiger partial charge in [0.15, 0.2) is 0 Å². The molecule has 3 aliphatic carbocycles. The first kappa shape index (κ1) is 14.6. The van der Waals surface area contributed by atoms with Gasteiger partial charge in [-0.05, 0) is 24.6 Å². The Morgan fingerprint density at radius 3 is 1.96 bits per heavy atom. The first-order valence-electron chi connectivity index (χ1n) is 7.59. The highest BCUT2D eigenvalue weighted by molar-refractivity contribution is 6.32. The number of benzene rings is 1. The zero-order valence-electron chi connectivity index (χ0n) is 12.4. The molecule has 0 spiro atoms. The molecule has 2 bridgehead atoms. The van der Waals surface area contributed by atoms with Gasteiger partial charge in [-0.2, -0.15) is 0 Å². The van der Waals surface area contributed by atoms with Crippen LogP contribution in [0.3, 0.4) is 0 Å². The van der Waals surface area contributed by atoms with Crippen LogP contribution in [-0.4, -0.2) is 23.4 Å². The molecule has 1 aliphatic heterocycles. The summed E-state index contributed by atoms with van der Waals surface area (Å²) in [4.78, 5) is 50.8. The summed E-state index contributed by atoms with van der Waals surface area (Å²) >= 11 is 6.10. The van der Waals surface area contributed by atoms with E-state index in [0.29, 0.717) is 10.7 Å². The molecule has 1 saturated heterocycles. The monoisotopic (exact) mass is 331 g/mol. The second-order valence-corrected chi connectivity index (χ2v) is 6.96. The maximum atomic E-state index is 12.8. The van der Waals surface area contributed by atoms with Gasteiger partial charge in [-0.3, -0.25) is 19.2 Å². The van der Waals surface area contributed by atoms with Crippen molar-refractivity contribution in [3.63, 3.8) is 0 Å². The van der Waals surface area contributed by atoms with Crippen molar-refractivity contribution < 1.29 is 19.2 Å². The lowest BCUT2D eigenvalue weighted by Crippen LogP contribution is -2.51. The van der Waals surface area contributed by atoms with Crippen LogP contribution in [0.4, 0.5) is 5.69 Å². The Kier molecular flexibility index (Phi) is 3.00.